The van der Waals surface area contributed by atoms with Crippen LogP contribution >= 0.6 is 0 Å². The summed E-state index contributed by atoms with van der Waals surface area (Å²) in [6, 6.07) is 11.1. The Bertz CT molecular complexity index is 839. The van der Waals surface area contributed by atoms with Gasteiger partial charge in [0.1, 0.15) is 17.8 Å². The molecule has 1 fully saturated rings. The van der Waals surface area contributed by atoms with E-state index in [4.69, 9.17) is 0 Å². The second-order valence-electron chi connectivity index (χ2n) is 7.08. The van der Waals surface area contributed by atoms with E-state index in [1.54, 1.807) is 7.05 Å². The highest BCUT2D eigenvalue weighted by Gasteiger charge is 2.42. The number of aldehydes is 1. The van der Waals surface area contributed by atoms with E-state index in [2.05, 4.69) is 15.2 Å². The number of pyridine rings is 1. The smallest absolute Gasteiger partial charge is 0.407 e. The van der Waals surface area contributed by atoms with Gasteiger partial charge < -0.3 is 20.1 Å². The van der Waals surface area contributed by atoms with Gasteiger partial charge in [0.25, 0.3) is 0 Å². The first-order chi connectivity index (χ1) is 13.5. The number of hydrogen-bond acceptors (Lipinski definition) is 5. The van der Waals surface area contributed by atoms with Gasteiger partial charge in [-0.05, 0) is 25.2 Å². The number of carbonyl (C=O) groups is 2. The van der Waals surface area contributed by atoms with Gasteiger partial charge in [-0.15, -0.1) is 0 Å². The third-order valence-electron chi connectivity index (χ3n) is 5.44. The molecule has 28 heavy (non-hydrogen) atoms. The monoisotopic (exact) mass is 388 g/mol. The van der Waals surface area contributed by atoms with Gasteiger partial charge in [0.15, 0.2) is 0 Å². The molecule has 7 nitrogen and oxygen atoms in total. The van der Waals surface area contributed by atoms with Crippen molar-refractivity contribution in [1.29, 1.82) is 0 Å². The van der Waals surface area contributed by atoms with Crippen molar-refractivity contribution in [1.82, 2.24) is 15.2 Å². The number of carbonyl (C=O) groups excluding carboxylic acids is 1. The number of halogens is 1. The molecule has 1 aliphatic heterocycles. The summed E-state index contributed by atoms with van der Waals surface area (Å²) in [5, 5.41) is 13.2. The van der Waals surface area contributed by atoms with E-state index in [0.717, 1.165) is 21.6 Å². The molecule has 1 atom stereocenters. The van der Waals surface area contributed by atoms with Gasteiger partial charge in [-0.1, -0.05) is 18.2 Å². The van der Waals surface area contributed by atoms with Crippen molar-refractivity contribution in [2.24, 2.45) is 0 Å². The standard InChI is InChI=1S/C20H25FN4O3/c1-22-17(14-25(12-13-26)19(27)28)20(21)8-10-24(11-9-20)18-7-6-15-4-2-3-5-16(15)23-18/h2-7,13,17,22H,8-12,14H2,1H3,(H,27,28). The summed E-state index contributed by atoms with van der Waals surface area (Å²) in [5.74, 6) is 0.815. The molecule has 1 amide bonds. The molecule has 0 bridgehead atoms. The molecule has 0 aliphatic carbocycles. The number of hydrogen-bond donors (Lipinski definition) is 2. The molecule has 0 radical (unpaired) electrons. The van der Waals surface area contributed by atoms with Gasteiger partial charge in [0, 0.05) is 37.9 Å². The zero-order valence-corrected chi connectivity index (χ0v) is 15.8. The quantitative estimate of drug-likeness (QED) is 0.708. The number of likely N-dealkylation sites (N-methyl/N-ethyl adjacent to an activating group) is 1. The molecule has 0 saturated carbocycles. The van der Waals surface area contributed by atoms with Crippen LogP contribution in [0.4, 0.5) is 15.0 Å². The van der Waals surface area contributed by atoms with Crippen molar-refractivity contribution in [2.75, 3.05) is 38.1 Å². The minimum Gasteiger partial charge on any atom is -0.465 e. The number of para-hydroxylation sites is 1. The lowest BCUT2D eigenvalue weighted by Gasteiger charge is -2.42. The van der Waals surface area contributed by atoms with Crippen LogP contribution in [0.1, 0.15) is 12.8 Å². The number of amides is 1. The first kappa shape index (κ1) is 20.0. The summed E-state index contributed by atoms with van der Waals surface area (Å²) < 4.78 is 15.6. The summed E-state index contributed by atoms with van der Waals surface area (Å²) in [5.41, 5.74) is -0.658. The number of rotatable bonds is 7. The lowest BCUT2D eigenvalue weighted by atomic mass is 9.85. The summed E-state index contributed by atoms with van der Waals surface area (Å²) in [7, 11) is 1.62. The van der Waals surface area contributed by atoms with Crippen LogP contribution in [0.3, 0.4) is 0 Å². The summed E-state index contributed by atoms with van der Waals surface area (Å²) in [6.45, 7) is 0.633. The predicted molar refractivity (Wildman–Crippen MR) is 106 cm³/mol. The number of piperidine rings is 1. The zero-order valence-electron chi connectivity index (χ0n) is 15.8. The number of anilines is 1. The van der Waals surface area contributed by atoms with Crippen LogP contribution < -0.4 is 10.2 Å². The first-order valence-electron chi connectivity index (χ1n) is 9.35. The van der Waals surface area contributed by atoms with Crippen molar-refractivity contribution in [3.63, 3.8) is 0 Å². The first-order valence-corrected chi connectivity index (χ1v) is 9.35. The average molecular weight is 388 g/mol. The van der Waals surface area contributed by atoms with E-state index in [9.17, 15) is 14.7 Å². The minimum atomic E-state index is -1.56. The Morgan fingerprint density at radius 2 is 2.07 bits per heavy atom. The normalized spacial score (nSPS) is 17.3. The highest BCUT2D eigenvalue weighted by molar-refractivity contribution is 5.80. The average Bonchev–Trinajstić information content (AvgIpc) is 2.71. The molecule has 1 aromatic carbocycles. The maximum atomic E-state index is 15.6. The molecule has 3 rings (SSSR count). The van der Waals surface area contributed by atoms with Crippen LogP contribution in [-0.4, -0.2) is 72.3 Å². The molecule has 1 aliphatic rings. The Morgan fingerprint density at radius 1 is 1.36 bits per heavy atom. The number of carboxylic acid groups (broad SMARTS) is 1. The second kappa shape index (κ2) is 8.52. The second-order valence-corrected chi connectivity index (χ2v) is 7.08. The SMILES string of the molecule is CNC(CN(CC=O)C(=O)O)C1(F)CCN(c2ccc3ccccc3n2)CC1. The molecule has 0 spiro atoms. The van der Waals surface area contributed by atoms with Crippen LogP contribution in [0.15, 0.2) is 36.4 Å². The van der Waals surface area contributed by atoms with E-state index in [0.29, 0.717) is 19.4 Å². The van der Waals surface area contributed by atoms with Crippen LogP contribution in [0.5, 0.6) is 0 Å². The van der Waals surface area contributed by atoms with E-state index in [1.807, 2.05) is 36.4 Å². The van der Waals surface area contributed by atoms with Crippen molar-refractivity contribution < 1.29 is 19.1 Å². The van der Waals surface area contributed by atoms with E-state index < -0.39 is 17.8 Å². The van der Waals surface area contributed by atoms with Crippen LogP contribution in [0.2, 0.25) is 0 Å². The predicted octanol–water partition coefficient (Wildman–Crippen LogP) is 2.31. The number of aromatic nitrogens is 1. The number of nitrogens with zero attached hydrogens (tertiary/aromatic N) is 3. The molecule has 2 heterocycles. The molecule has 1 aromatic heterocycles. The Labute approximate surface area is 163 Å². The van der Waals surface area contributed by atoms with E-state index >= 15 is 4.39 Å². The fourth-order valence-corrected chi connectivity index (χ4v) is 3.74. The Balaban J connectivity index is 1.69. The Morgan fingerprint density at radius 3 is 2.71 bits per heavy atom. The van der Waals surface area contributed by atoms with Crippen molar-refractivity contribution in [3.8, 4) is 0 Å². The maximum Gasteiger partial charge on any atom is 0.407 e. The van der Waals surface area contributed by atoms with Crippen molar-refractivity contribution >= 4 is 29.1 Å². The zero-order chi connectivity index (χ0) is 20.1. The molecule has 2 aromatic rings. The Hall–Kier alpha value is -2.74. The summed E-state index contributed by atoms with van der Waals surface area (Å²) in [6.07, 6.45) is -0.211. The molecule has 2 N–H and O–H groups in total. The van der Waals surface area contributed by atoms with Gasteiger partial charge in [0.2, 0.25) is 0 Å². The fraction of sp³-hybridized carbons (Fsp3) is 0.450. The fourth-order valence-electron chi connectivity index (χ4n) is 3.74. The summed E-state index contributed by atoms with van der Waals surface area (Å²) in [4.78, 5) is 29.6. The largest absolute Gasteiger partial charge is 0.465 e. The number of nitrogens with one attached hydrogen (secondary N) is 1. The highest BCUT2D eigenvalue weighted by atomic mass is 19.1. The molecular formula is C20H25FN4O3. The van der Waals surface area contributed by atoms with Gasteiger partial charge >= 0.3 is 6.09 Å². The Kier molecular flexibility index (Phi) is 6.08. The van der Waals surface area contributed by atoms with Crippen molar-refractivity contribution in [3.05, 3.63) is 36.4 Å². The lowest BCUT2D eigenvalue weighted by Crippen LogP contribution is -2.58. The third kappa shape index (κ3) is 4.22. The highest BCUT2D eigenvalue weighted by Crippen LogP contribution is 2.32. The number of fused-ring (bicyclic) bond motifs is 1. The van der Waals surface area contributed by atoms with E-state index in [-0.39, 0.29) is 25.9 Å². The van der Waals surface area contributed by atoms with Gasteiger partial charge in [-0.25, -0.2) is 14.2 Å². The molecule has 1 unspecified atom stereocenters. The lowest BCUT2D eigenvalue weighted by molar-refractivity contribution is -0.108. The minimum absolute atomic E-state index is 0.0741. The molecule has 150 valence electrons. The van der Waals surface area contributed by atoms with Crippen molar-refractivity contribution in [2.45, 2.75) is 24.6 Å². The third-order valence-corrected chi connectivity index (χ3v) is 5.44. The maximum absolute atomic E-state index is 15.6. The van der Waals surface area contributed by atoms with Gasteiger partial charge in [0.05, 0.1) is 18.1 Å². The van der Waals surface area contributed by atoms with Crippen LogP contribution in [-0.2, 0) is 4.79 Å². The summed E-state index contributed by atoms with van der Waals surface area (Å²) >= 11 is 0. The van der Waals surface area contributed by atoms with Crippen LogP contribution in [0, 0.1) is 0 Å². The molecular weight excluding hydrogens is 363 g/mol. The van der Waals surface area contributed by atoms with Gasteiger partial charge in [-0.3, -0.25) is 4.90 Å². The molecule has 1 saturated heterocycles. The topological polar surface area (TPSA) is 85.8 Å². The van der Waals surface area contributed by atoms with Gasteiger partial charge in [-0.2, -0.15) is 0 Å². The number of benzene rings is 1. The molecule has 8 heteroatoms. The van der Waals surface area contributed by atoms with Crippen LogP contribution in [0.25, 0.3) is 10.9 Å². The van der Waals surface area contributed by atoms with E-state index in [1.165, 1.54) is 0 Å². The number of alkyl halides is 1.